The average molecular weight is 793 g/mol. The zero-order valence-corrected chi connectivity index (χ0v) is 33.6. The van der Waals surface area contributed by atoms with Crippen LogP contribution < -0.4 is 5.69 Å². The van der Waals surface area contributed by atoms with E-state index in [2.05, 4.69) is 5.10 Å². The first-order valence-corrected chi connectivity index (χ1v) is 19.3. The van der Waals surface area contributed by atoms with Crippen molar-refractivity contribution in [1.82, 2.24) is 38.5 Å². The highest BCUT2D eigenvalue weighted by Crippen LogP contribution is 2.48. The van der Waals surface area contributed by atoms with Gasteiger partial charge in [-0.05, 0) is 95.3 Å². The van der Waals surface area contributed by atoms with E-state index in [1.807, 2.05) is 58.0 Å². The zero-order valence-electron chi connectivity index (χ0n) is 33.6. The van der Waals surface area contributed by atoms with Gasteiger partial charge >= 0.3 is 17.9 Å². The number of carbonyl (C=O) groups is 2. The van der Waals surface area contributed by atoms with Crippen LogP contribution in [-0.4, -0.2) is 75.9 Å². The lowest BCUT2D eigenvalue weighted by Crippen LogP contribution is -2.55. The Morgan fingerprint density at radius 3 is 2.28 bits per heavy atom. The summed E-state index contributed by atoms with van der Waals surface area (Å²) in [5.74, 6) is -0.658. The van der Waals surface area contributed by atoms with Crippen LogP contribution in [0.2, 0.25) is 0 Å². The number of imidazole rings is 1. The van der Waals surface area contributed by atoms with Gasteiger partial charge < -0.3 is 19.3 Å². The first kappa shape index (κ1) is 38.6. The second-order valence-electron chi connectivity index (χ2n) is 16.4. The van der Waals surface area contributed by atoms with Crippen LogP contribution in [0.15, 0.2) is 78.0 Å². The minimum atomic E-state index is -0.792. The number of likely N-dealkylation sites (tertiary alicyclic amines) is 1. The number of aromatic nitrogens is 6. The minimum absolute atomic E-state index is 0.0304. The lowest BCUT2D eigenvalue weighted by atomic mass is 9.70. The molecule has 302 valence electrons. The van der Waals surface area contributed by atoms with E-state index in [4.69, 9.17) is 14.6 Å². The molecular weight excluding hydrogens is 747 g/mol. The molecule has 0 saturated carbocycles. The number of hydrogen-bond acceptors (Lipinski definition) is 7. The number of hydrogen-bond donors (Lipinski definition) is 0. The molecule has 3 aromatic carbocycles. The molecule has 58 heavy (non-hydrogen) atoms. The van der Waals surface area contributed by atoms with Crippen molar-refractivity contribution < 1.29 is 27.8 Å². The van der Waals surface area contributed by atoms with Crippen LogP contribution in [0.5, 0.6) is 0 Å². The molecule has 15 heteroatoms. The van der Waals surface area contributed by atoms with E-state index >= 15 is 8.78 Å². The van der Waals surface area contributed by atoms with Crippen LogP contribution in [0.25, 0.3) is 28.1 Å². The van der Waals surface area contributed by atoms with Crippen LogP contribution >= 0.6 is 0 Å². The third-order valence-corrected chi connectivity index (χ3v) is 11.3. The largest absolute Gasteiger partial charge is 0.445 e. The molecule has 6 aromatic rings. The van der Waals surface area contributed by atoms with Gasteiger partial charge in [0.2, 0.25) is 0 Å². The molecule has 1 atom stereocenters. The zero-order chi connectivity index (χ0) is 41.3. The van der Waals surface area contributed by atoms with Crippen molar-refractivity contribution in [1.29, 1.82) is 0 Å². The van der Waals surface area contributed by atoms with E-state index in [-0.39, 0.29) is 30.0 Å². The van der Waals surface area contributed by atoms with E-state index < -0.39 is 40.8 Å². The summed E-state index contributed by atoms with van der Waals surface area (Å²) in [5, 5.41) is 9.70. The highest BCUT2D eigenvalue weighted by molar-refractivity contribution is 5.82. The molecule has 0 N–H and O–H groups in total. The van der Waals surface area contributed by atoms with E-state index in [1.54, 1.807) is 64.5 Å². The number of fused-ring (bicyclic) bond motifs is 3. The molecule has 0 aliphatic carbocycles. The molecule has 0 bridgehead atoms. The summed E-state index contributed by atoms with van der Waals surface area (Å²) < 4.78 is 48.7. The van der Waals surface area contributed by atoms with Crippen molar-refractivity contribution >= 4 is 23.1 Å². The first-order chi connectivity index (χ1) is 27.6. The normalized spacial score (nSPS) is 16.5. The Balaban J connectivity index is 1.30. The Hall–Kier alpha value is -6.25. The highest BCUT2D eigenvalue weighted by Gasteiger charge is 2.51. The van der Waals surface area contributed by atoms with Crippen molar-refractivity contribution in [3.8, 4) is 17.2 Å². The number of benzene rings is 3. The smallest absolute Gasteiger partial charge is 0.410 e. The SMILES string of the molecule is Cc1cc(-n2nc3c(c2-n2ccn(-c4ccc5c(cnn5C)c4F)c2=O)[C@H](C)N(C(=O)OCc2ccccc2)CC32CCN(C(=O)OC(C)(C)C)CC2)cc(C)c1F. The van der Waals surface area contributed by atoms with Crippen LogP contribution in [0.3, 0.4) is 0 Å². The van der Waals surface area contributed by atoms with Gasteiger partial charge in [-0.15, -0.1) is 0 Å². The highest BCUT2D eigenvalue weighted by atomic mass is 19.1. The molecule has 0 unspecified atom stereocenters. The number of piperidine rings is 1. The second kappa shape index (κ2) is 14.3. The van der Waals surface area contributed by atoms with Gasteiger partial charge in [-0.25, -0.2) is 27.8 Å². The maximum Gasteiger partial charge on any atom is 0.410 e. The fourth-order valence-corrected chi connectivity index (χ4v) is 8.30. The Bertz CT molecular complexity index is 2610. The third kappa shape index (κ3) is 6.61. The molecule has 0 radical (unpaired) electrons. The van der Waals surface area contributed by atoms with Crippen LogP contribution in [0, 0.1) is 25.5 Å². The molecule has 8 rings (SSSR count). The number of carbonyl (C=O) groups excluding carboxylic acids is 2. The Morgan fingerprint density at radius 1 is 0.931 bits per heavy atom. The molecule has 3 aromatic heterocycles. The summed E-state index contributed by atoms with van der Waals surface area (Å²) in [4.78, 5) is 45.5. The quantitative estimate of drug-likeness (QED) is 0.177. The van der Waals surface area contributed by atoms with Crippen molar-refractivity contribution in [2.45, 2.75) is 78.0 Å². The van der Waals surface area contributed by atoms with Gasteiger partial charge in [0.1, 0.15) is 23.8 Å². The molecular formula is C43H46F2N8O5. The number of rotatable bonds is 5. The molecule has 1 spiro atoms. The summed E-state index contributed by atoms with van der Waals surface area (Å²) >= 11 is 0. The van der Waals surface area contributed by atoms with Crippen molar-refractivity contribution in [2.24, 2.45) is 7.05 Å². The van der Waals surface area contributed by atoms with Gasteiger partial charge in [0.05, 0.1) is 40.2 Å². The number of halogens is 2. The van der Waals surface area contributed by atoms with E-state index in [9.17, 15) is 14.4 Å². The van der Waals surface area contributed by atoms with Crippen LogP contribution in [0.1, 0.15) is 74.5 Å². The summed E-state index contributed by atoms with van der Waals surface area (Å²) in [6.07, 6.45) is 4.30. The molecule has 13 nitrogen and oxygen atoms in total. The topological polar surface area (TPSA) is 122 Å². The van der Waals surface area contributed by atoms with Gasteiger partial charge in [-0.3, -0.25) is 13.8 Å². The van der Waals surface area contributed by atoms with E-state index in [1.165, 1.54) is 27.6 Å². The third-order valence-electron chi connectivity index (χ3n) is 11.3. The fourth-order valence-electron chi connectivity index (χ4n) is 8.30. The Kier molecular flexibility index (Phi) is 9.52. The molecule has 1 saturated heterocycles. The van der Waals surface area contributed by atoms with Crippen LogP contribution in [-0.2, 0) is 28.5 Å². The molecule has 5 heterocycles. The Labute approximate surface area is 334 Å². The van der Waals surface area contributed by atoms with Crippen LogP contribution in [0.4, 0.5) is 18.4 Å². The fraction of sp³-hybridized carbons (Fsp3) is 0.372. The second-order valence-corrected chi connectivity index (χ2v) is 16.4. The summed E-state index contributed by atoms with van der Waals surface area (Å²) in [6, 6.07) is 15.3. The van der Waals surface area contributed by atoms with Crippen molar-refractivity contribution in [2.75, 3.05) is 19.6 Å². The number of amides is 2. The van der Waals surface area contributed by atoms with Crippen molar-refractivity contribution in [3.63, 3.8) is 0 Å². The van der Waals surface area contributed by atoms with Gasteiger partial charge in [0.25, 0.3) is 0 Å². The molecule has 2 aliphatic rings. The predicted molar refractivity (Wildman–Crippen MR) is 213 cm³/mol. The molecule has 2 amide bonds. The van der Waals surface area contributed by atoms with Gasteiger partial charge in [0.15, 0.2) is 5.82 Å². The monoisotopic (exact) mass is 792 g/mol. The standard InChI is InChI=1S/C43H46F2N8O5/c1-26-21-30(22-27(2)35(26)44)53-38(51-20-19-50(39(51)54)33-14-13-32-31(36(33)45)23-46-48(32)7)34-28(3)52(41(56)57-24-29-11-9-8-10-12-29)25-43(37(34)47-53)15-17-49(18-16-43)40(55)58-42(4,5)6/h8-14,19-23,28H,15-18,24-25H2,1-7H3/t28-/m0/s1. The van der Waals surface area contributed by atoms with Gasteiger partial charge in [-0.2, -0.15) is 10.2 Å². The minimum Gasteiger partial charge on any atom is -0.445 e. The maximum absolute atomic E-state index is 16.1. The first-order valence-electron chi connectivity index (χ1n) is 19.3. The maximum atomic E-state index is 16.1. The van der Waals surface area contributed by atoms with E-state index in [0.717, 1.165) is 5.56 Å². The Morgan fingerprint density at radius 2 is 1.60 bits per heavy atom. The van der Waals surface area contributed by atoms with Gasteiger partial charge in [0, 0.05) is 50.1 Å². The lowest BCUT2D eigenvalue weighted by Gasteiger charge is -2.48. The summed E-state index contributed by atoms with van der Waals surface area (Å²) in [6.45, 7) is 11.5. The lowest BCUT2D eigenvalue weighted by molar-refractivity contribution is 0.00893. The predicted octanol–water partition coefficient (Wildman–Crippen LogP) is 7.58. The summed E-state index contributed by atoms with van der Waals surface area (Å²) in [7, 11) is 1.71. The number of nitrogens with zero attached hydrogens (tertiary/aromatic N) is 8. The summed E-state index contributed by atoms with van der Waals surface area (Å²) in [5.41, 5.74) is 1.83. The molecule has 2 aliphatic heterocycles. The van der Waals surface area contributed by atoms with Crippen molar-refractivity contribution in [3.05, 3.63) is 123 Å². The van der Waals surface area contributed by atoms with Gasteiger partial charge in [-0.1, -0.05) is 30.3 Å². The average Bonchev–Trinajstić information content (AvgIpc) is 3.89. The number of ether oxygens (including phenoxy) is 2. The van der Waals surface area contributed by atoms with E-state index in [0.29, 0.717) is 65.3 Å². The molecule has 1 fully saturated rings. The number of aryl methyl sites for hydroxylation is 3.